The van der Waals surface area contributed by atoms with E-state index < -0.39 is 16.0 Å². The molecule has 0 bridgehead atoms. The molecule has 2 aromatic rings. The molecule has 0 unspecified atom stereocenters. The third-order valence-electron chi connectivity index (χ3n) is 3.08. The molecule has 2 aromatic carbocycles. The summed E-state index contributed by atoms with van der Waals surface area (Å²) in [6.07, 6.45) is 0.728. The second kappa shape index (κ2) is 7.62. The van der Waals surface area contributed by atoms with Crippen molar-refractivity contribution >= 4 is 21.7 Å². The molecule has 0 aliphatic rings. The van der Waals surface area contributed by atoms with Gasteiger partial charge in [-0.1, -0.05) is 13.0 Å². The summed E-state index contributed by atoms with van der Waals surface area (Å²) < 4.78 is 32.0. The highest BCUT2D eigenvalue weighted by molar-refractivity contribution is 7.92. The maximum Gasteiger partial charge on any atom is 0.338 e. The molecule has 0 aliphatic carbocycles. The fourth-order valence-electron chi connectivity index (χ4n) is 1.90. The van der Waals surface area contributed by atoms with E-state index in [4.69, 9.17) is 10.00 Å². The van der Waals surface area contributed by atoms with E-state index in [0.29, 0.717) is 17.9 Å². The number of hydrogen-bond donors (Lipinski definition) is 1. The van der Waals surface area contributed by atoms with Gasteiger partial charge in [0.1, 0.15) is 0 Å². The van der Waals surface area contributed by atoms with E-state index in [0.717, 1.165) is 6.42 Å². The minimum absolute atomic E-state index is 0.00650. The lowest BCUT2D eigenvalue weighted by Crippen LogP contribution is -2.13. The minimum atomic E-state index is -3.81. The maximum absolute atomic E-state index is 12.3. The van der Waals surface area contributed by atoms with Gasteiger partial charge in [0, 0.05) is 5.69 Å². The fourth-order valence-corrected chi connectivity index (χ4v) is 3.00. The monoisotopic (exact) mass is 344 g/mol. The first kappa shape index (κ1) is 17.5. The first-order valence-corrected chi connectivity index (χ1v) is 8.75. The van der Waals surface area contributed by atoms with E-state index in [2.05, 4.69) is 4.72 Å². The molecule has 24 heavy (non-hydrogen) atoms. The predicted octanol–water partition coefficient (Wildman–Crippen LogP) is 2.93. The van der Waals surface area contributed by atoms with E-state index >= 15 is 0 Å². The average molecular weight is 344 g/mol. The smallest absolute Gasteiger partial charge is 0.338 e. The van der Waals surface area contributed by atoms with E-state index in [9.17, 15) is 13.2 Å². The Hall–Kier alpha value is -2.85. The van der Waals surface area contributed by atoms with Crippen LogP contribution in [0.1, 0.15) is 29.3 Å². The van der Waals surface area contributed by atoms with E-state index in [1.54, 1.807) is 0 Å². The molecule has 6 nitrogen and oxygen atoms in total. The van der Waals surface area contributed by atoms with Crippen LogP contribution < -0.4 is 4.72 Å². The Labute approximate surface area is 140 Å². The standard InChI is InChI=1S/C17H16N2O4S/c1-2-10-23-17(20)14-6-8-15(9-7-14)19-24(21,22)16-5-3-4-13(11-16)12-18/h3-9,11,19H,2,10H2,1H3. The van der Waals surface area contributed by atoms with Crippen molar-refractivity contribution in [2.75, 3.05) is 11.3 Å². The Morgan fingerprint density at radius 1 is 1.21 bits per heavy atom. The molecule has 2 rings (SSSR count). The first-order chi connectivity index (χ1) is 11.5. The summed E-state index contributed by atoms with van der Waals surface area (Å²) in [5.41, 5.74) is 0.911. The Morgan fingerprint density at radius 3 is 2.54 bits per heavy atom. The summed E-state index contributed by atoms with van der Waals surface area (Å²) in [6.45, 7) is 2.23. The van der Waals surface area contributed by atoms with Crippen molar-refractivity contribution in [1.82, 2.24) is 0 Å². The largest absolute Gasteiger partial charge is 0.462 e. The Bertz CT molecular complexity index is 868. The molecule has 7 heteroatoms. The van der Waals surface area contributed by atoms with Gasteiger partial charge >= 0.3 is 5.97 Å². The molecule has 0 aliphatic heterocycles. The zero-order chi connectivity index (χ0) is 17.6. The van der Waals surface area contributed by atoms with E-state index in [-0.39, 0.29) is 10.5 Å². The van der Waals surface area contributed by atoms with Gasteiger partial charge in [0.2, 0.25) is 0 Å². The number of nitrogens with one attached hydrogen (secondary N) is 1. The molecule has 0 amide bonds. The average Bonchev–Trinajstić information content (AvgIpc) is 2.60. The van der Waals surface area contributed by atoms with Crippen molar-refractivity contribution in [3.8, 4) is 6.07 Å². The van der Waals surface area contributed by atoms with Gasteiger partial charge in [0.25, 0.3) is 10.0 Å². The predicted molar refractivity (Wildman–Crippen MR) is 89.0 cm³/mol. The molecule has 0 saturated carbocycles. The Kier molecular flexibility index (Phi) is 5.55. The Balaban J connectivity index is 2.15. The second-order valence-electron chi connectivity index (χ2n) is 4.96. The highest BCUT2D eigenvalue weighted by Crippen LogP contribution is 2.18. The van der Waals surface area contributed by atoms with Crippen molar-refractivity contribution in [3.05, 3.63) is 59.7 Å². The Morgan fingerprint density at radius 2 is 1.92 bits per heavy atom. The summed E-state index contributed by atoms with van der Waals surface area (Å²) in [4.78, 5) is 11.7. The van der Waals surface area contributed by atoms with Gasteiger partial charge < -0.3 is 4.74 Å². The number of nitrogens with zero attached hydrogens (tertiary/aromatic N) is 1. The number of esters is 1. The molecule has 1 N–H and O–H groups in total. The van der Waals surface area contributed by atoms with Gasteiger partial charge in [0.05, 0.1) is 28.7 Å². The van der Waals surface area contributed by atoms with Crippen LogP contribution in [0.5, 0.6) is 0 Å². The van der Waals surface area contributed by atoms with Gasteiger partial charge in [0.15, 0.2) is 0 Å². The van der Waals surface area contributed by atoms with Gasteiger partial charge in [-0.3, -0.25) is 4.72 Å². The summed E-state index contributed by atoms with van der Waals surface area (Å²) in [7, 11) is -3.81. The second-order valence-corrected chi connectivity index (χ2v) is 6.64. The summed E-state index contributed by atoms with van der Waals surface area (Å²) in [5.74, 6) is -0.451. The first-order valence-electron chi connectivity index (χ1n) is 7.26. The molecule has 0 aromatic heterocycles. The van der Waals surface area contributed by atoms with Crippen molar-refractivity contribution < 1.29 is 17.9 Å². The van der Waals surface area contributed by atoms with Crippen LogP contribution in [0.25, 0.3) is 0 Å². The van der Waals surface area contributed by atoms with Crippen LogP contribution in [0, 0.1) is 11.3 Å². The number of nitriles is 1. The van der Waals surface area contributed by atoms with Crippen LogP contribution in [0.3, 0.4) is 0 Å². The summed E-state index contributed by atoms with van der Waals surface area (Å²) >= 11 is 0. The molecule has 124 valence electrons. The van der Waals surface area contributed by atoms with E-state index in [1.165, 1.54) is 48.5 Å². The van der Waals surface area contributed by atoms with Crippen LogP contribution >= 0.6 is 0 Å². The number of ether oxygens (including phenoxy) is 1. The summed E-state index contributed by atoms with van der Waals surface area (Å²) in [6, 6.07) is 13.5. The number of rotatable bonds is 6. The lowest BCUT2D eigenvalue weighted by Gasteiger charge is -2.09. The molecule has 0 heterocycles. The van der Waals surface area contributed by atoms with Gasteiger partial charge in [-0.15, -0.1) is 0 Å². The van der Waals surface area contributed by atoms with Crippen molar-refractivity contribution in [2.45, 2.75) is 18.2 Å². The normalized spacial score (nSPS) is 10.7. The minimum Gasteiger partial charge on any atom is -0.462 e. The summed E-state index contributed by atoms with van der Waals surface area (Å²) in [5, 5.41) is 8.85. The molecular formula is C17H16N2O4S. The van der Waals surface area contributed by atoms with Crippen molar-refractivity contribution in [3.63, 3.8) is 0 Å². The molecule has 0 atom stereocenters. The van der Waals surface area contributed by atoms with Crippen LogP contribution in [0.2, 0.25) is 0 Å². The number of benzene rings is 2. The molecular weight excluding hydrogens is 328 g/mol. The lowest BCUT2D eigenvalue weighted by atomic mass is 10.2. The van der Waals surface area contributed by atoms with Crippen LogP contribution in [-0.4, -0.2) is 21.0 Å². The third-order valence-corrected chi connectivity index (χ3v) is 4.46. The quantitative estimate of drug-likeness (QED) is 0.813. The molecule has 0 fully saturated rings. The maximum atomic E-state index is 12.3. The number of hydrogen-bond acceptors (Lipinski definition) is 5. The zero-order valence-corrected chi connectivity index (χ0v) is 13.8. The molecule has 0 spiro atoms. The number of anilines is 1. The number of carbonyl (C=O) groups is 1. The van der Waals surface area contributed by atoms with Gasteiger partial charge in [-0.25, -0.2) is 13.2 Å². The topological polar surface area (TPSA) is 96.3 Å². The number of sulfonamides is 1. The molecule has 0 radical (unpaired) electrons. The van der Waals surface area contributed by atoms with Crippen molar-refractivity contribution in [1.29, 1.82) is 5.26 Å². The van der Waals surface area contributed by atoms with Gasteiger partial charge in [-0.2, -0.15) is 5.26 Å². The van der Waals surface area contributed by atoms with Crippen LogP contribution in [0.4, 0.5) is 5.69 Å². The highest BCUT2D eigenvalue weighted by Gasteiger charge is 2.15. The lowest BCUT2D eigenvalue weighted by molar-refractivity contribution is 0.0505. The fraction of sp³-hybridized carbons (Fsp3) is 0.176. The zero-order valence-electron chi connectivity index (χ0n) is 13.0. The van der Waals surface area contributed by atoms with E-state index in [1.807, 2.05) is 13.0 Å². The third kappa shape index (κ3) is 4.33. The highest BCUT2D eigenvalue weighted by atomic mass is 32.2. The number of carbonyl (C=O) groups excluding carboxylic acids is 1. The van der Waals surface area contributed by atoms with Crippen LogP contribution in [0.15, 0.2) is 53.4 Å². The molecule has 0 saturated heterocycles. The van der Waals surface area contributed by atoms with Gasteiger partial charge in [-0.05, 0) is 48.9 Å². The van der Waals surface area contributed by atoms with Crippen LogP contribution in [-0.2, 0) is 14.8 Å². The van der Waals surface area contributed by atoms with Crippen molar-refractivity contribution in [2.24, 2.45) is 0 Å². The SMILES string of the molecule is CCCOC(=O)c1ccc(NS(=O)(=O)c2cccc(C#N)c2)cc1.